The van der Waals surface area contributed by atoms with Gasteiger partial charge in [-0.05, 0) is 48.2 Å². The maximum absolute atomic E-state index is 14.9. The van der Waals surface area contributed by atoms with Gasteiger partial charge in [0.15, 0.2) is 9.84 Å². The Hall–Kier alpha value is -1.92. The Morgan fingerprint density at radius 3 is 2.52 bits per heavy atom. The van der Waals surface area contributed by atoms with Crippen LogP contribution in [0.3, 0.4) is 0 Å². The predicted octanol–water partition coefficient (Wildman–Crippen LogP) is 4.70. The number of methoxy groups -OCH3 is 1. The number of sulfone groups is 1. The lowest BCUT2D eigenvalue weighted by atomic mass is 9.69. The van der Waals surface area contributed by atoms with Crippen molar-refractivity contribution >= 4 is 9.84 Å². The molecule has 0 fully saturated rings. The van der Waals surface area contributed by atoms with Crippen LogP contribution in [0.15, 0.2) is 47.4 Å². The zero-order valence-electron chi connectivity index (χ0n) is 17.2. The number of fused-ring (bicyclic) bond motifs is 1. The highest BCUT2D eigenvalue weighted by molar-refractivity contribution is 7.91. The van der Waals surface area contributed by atoms with Crippen LogP contribution in [0.25, 0.3) is 0 Å². The van der Waals surface area contributed by atoms with E-state index in [1.807, 2.05) is 13.8 Å². The number of unbranched alkanes of at least 4 members (excludes halogenated alkanes) is 1. The zero-order valence-corrected chi connectivity index (χ0v) is 18.0. The van der Waals surface area contributed by atoms with Gasteiger partial charge in [-0.1, -0.05) is 44.9 Å². The van der Waals surface area contributed by atoms with Crippen molar-refractivity contribution in [1.82, 2.24) is 0 Å². The first-order valence-electron chi connectivity index (χ1n) is 10.1. The van der Waals surface area contributed by atoms with Crippen LogP contribution in [0.2, 0.25) is 0 Å². The van der Waals surface area contributed by atoms with Crippen LogP contribution < -0.4 is 4.74 Å². The minimum absolute atomic E-state index is 0.150. The SMILES string of the molecule is CCCC[C@]1(CC)CS(=O)(=O)c2ccc(OC)cc2[C@@H](c2ccccc2F)C1O. The Morgan fingerprint density at radius 2 is 1.90 bits per heavy atom. The van der Waals surface area contributed by atoms with Crippen molar-refractivity contribution in [1.29, 1.82) is 0 Å². The van der Waals surface area contributed by atoms with Crippen LogP contribution in [0, 0.1) is 11.2 Å². The van der Waals surface area contributed by atoms with Gasteiger partial charge < -0.3 is 9.84 Å². The highest BCUT2D eigenvalue weighted by Gasteiger charge is 2.49. The fraction of sp³-hybridized carbons (Fsp3) is 0.478. The lowest BCUT2D eigenvalue weighted by Gasteiger charge is -2.39. The average molecular weight is 421 g/mol. The van der Waals surface area contributed by atoms with Crippen LogP contribution >= 0.6 is 0 Å². The molecule has 1 aliphatic heterocycles. The monoisotopic (exact) mass is 420 g/mol. The number of ether oxygens (including phenoxy) is 1. The smallest absolute Gasteiger partial charge is 0.179 e. The van der Waals surface area contributed by atoms with Gasteiger partial charge in [0, 0.05) is 11.3 Å². The second-order valence-electron chi connectivity index (χ2n) is 7.93. The van der Waals surface area contributed by atoms with Gasteiger partial charge in [0.05, 0.1) is 23.9 Å². The summed E-state index contributed by atoms with van der Waals surface area (Å²) < 4.78 is 47.0. The molecule has 3 atom stereocenters. The van der Waals surface area contributed by atoms with Crippen LogP contribution in [0.4, 0.5) is 4.39 Å². The molecule has 1 N–H and O–H groups in total. The first-order valence-corrected chi connectivity index (χ1v) is 11.8. The molecular weight excluding hydrogens is 391 g/mol. The van der Waals surface area contributed by atoms with Crippen molar-refractivity contribution in [2.45, 2.75) is 56.4 Å². The summed E-state index contributed by atoms with van der Waals surface area (Å²) >= 11 is 0. The van der Waals surface area contributed by atoms with Gasteiger partial charge in [-0.3, -0.25) is 0 Å². The van der Waals surface area contributed by atoms with Gasteiger partial charge in [0.1, 0.15) is 11.6 Å². The summed E-state index contributed by atoms with van der Waals surface area (Å²) in [5.74, 6) is -0.923. The van der Waals surface area contributed by atoms with Gasteiger partial charge in [-0.25, -0.2) is 12.8 Å². The number of aliphatic hydroxyl groups is 1. The van der Waals surface area contributed by atoms with Crippen LogP contribution in [0.1, 0.15) is 56.6 Å². The van der Waals surface area contributed by atoms with Crippen LogP contribution in [-0.2, 0) is 9.84 Å². The van der Waals surface area contributed by atoms with E-state index in [-0.39, 0.29) is 10.6 Å². The standard InChI is InChI=1S/C23H29FO4S/c1-4-6-13-23(5-2)15-29(26,27)20-12-11-16(28-3)14-18(20)21(22(23)25)17-9-7-8-10-19(17)24/h7-12,14,21-22,25H,4-6,13,15H2,1-3H3/t21-,22?,23-/m1/s1. The third-order valence-corrected chi connectivity index (χ3v) is 8.28. The number of benzene rings is 2. The molecule has 1 aliphatic rings. The lowest BCUT2D eigenvalue weighted by Crippen LogP contribution is -2.42. The molecule has 6 heteroatoms. The quantitative estimate of drug-likeness (QED) is 0.736. The van der Waals surface area contributed by atoms with Crippen LogP contribution in [0.5, 0.6) is 5.75 Å². The van der Waals surface area contributed by atoms with Crippen LogP contribution in [-0.4, -0.2) is 32.5 Å². The van der Waals surface area contributed by atoms with Gasteiger partial charge in [-0.2, -0.15) is 0 Å². The molecule has 0 radical (unpaired) electrons. The molecule has 0 saturated carbocycles. The Labute approximate surface area is 172 Å². The summed E-state index contributed by atoms with van der Waals surface area (Å²) in [7, 11) is -2.18. The molecule has 0 spiro atoms. The van der Waals surface area contributed by atoms with E-state index in [2.05, 4.69) is 0 Å². The summed E-state index contributed by atoms with van der Waals surface area (Å²) in [4.78, 5) is 0.150. The Balaban J connectivity index is 2.33. The molecule has 158 valence electrons. The zero-order chi connectivity index (χ0) is 21.2. The van der Waals surface area contributed by atoms with Crippen molar-refractivity contribution in [3.05, 3.63) is 59.4 Å². The third kappa shape index (κ3) is 3.92. The van der Waals surface area contributed by atoms with Crippen molar-refractivity contribution in [3.8, 4) is 5.75 Å². The molecule has 1 heterocycles. The third-order valence-electron chi connectivity index (χ3n) is 6.28. The summed E-state index contributed by atoms with van der Waals surface area (Å²) in [5, 5.41) is 11.6. The number of hydrogen-bond acceptors (Lipinski definition) is 4. The van der Waals surface area contributed by atoms with E-state index in [0.717, 1.165) is 12.8 Å². The van der Waals surface area contributed by atoms with Crippen molar-refractivity contribution < 1.29 is 22.7 Å². The first-order chi connectivity index (χ1) is 13.8. The largest absolute Gasteiger partial charge is 0.497 e. The van der Waals surface area contributed by atoms with Gasteiger partial charge in [0.25, 0.3) is 0 Å². The minimum Gasteiger partial charge on any atom is -0.497 e. The first kappa shape index (κ1) is 21.8. The van der Waals surface area contributed by atoms with Crippen molar-refractivity contribution in [2.24, 2.45) is 5.41 Å². The number of halogens is 1. The average Bonchev–Trinajstić information content (AvgIpc) is 2.78. The number of rotatable bonds is 6. The molecule has 3 rings (SSSR count). The maximum atomic E-state index is 14.9. The number of hydrogen-bond donors (Lipinski definition) is 1. The van der Waals surface area contributed by atoms with E-state index in [9.17, 15) is 17.9 Å². The Morgan fingerprint density at radius 1 is 1.17 bits per heavy atom. The van der Waals surface area contributed by atoms with Crippen molar-refractivity contribution in [2.75, 3.05) is 12.9 Å². The fourth-order valence-corrected chi connectivity index (χ4v) is 6.80. The summed E-state index contributed by atoms with van der Waals surface area (Å²) in [6, 6.07) is 11.0. The van der Waals surface area contributed by atoms with Gasteiger partial charge in [0.2, 0.25) is 0 Å². The number of aliphatic hydroxyl groups excluding tert-OH is 1. The Bertz CT molecular complexity index is 973. The van der Waals surface area contributed by atoms with Gasteiger partial charge in [-0.15, -0.1) is 0 Å². The van der Waals surface area contributed by atoms with E-state index < -0.39 is 33.1 Å². The molecule has 29 heavy (non-hydrogen) atoms. The molecule has 2 aromatic rings. The highest BCUT2D eigenvalue weighted by Crippen LogP contribution is 2.49. The summed E-state index contributed by atoms with van der Waals surface area (Å²) in [6.07, 6.45) is 1.70. The molecule has 4 nitrogen and oxygen atoms in total. The molecular formula is C23H29FO4S. The molecule has 0 aromatic heterocycles. The van der Waals surface area contributed by atoms with E-state index in [1.165, 1.54) is 19.2 Å². The summed E-state index contributed by atoms with van der Waals surface area (Å²) in [5.41, 5.74) is -0.150. The lowest BCUT2D eigenvalue weighted by molar-refractivity contribution is 0.0167. The molecule has 0 saturated heterocycles. The molecule has 2 aromatic carbocycles. The molecule has 0 aliphatic carbocycles. The maximum Gasteiger partial charge on any atom is 0.179 e. The fourth-order valence-electron chi connectivity index (χ4n) is 4.55. The summed E-state index contributed by atoms with van der Waals surface area (Å²) in [6.45, 7) is 3.94. The second kappa shape index (κ2) is 8.44. The molecule has 0 amide bonds. The van der Waals surface area contributed by atoms with Gasteiger partial charge >= 0.3 is 0 Å². The molecule has 1 unspecified atom stereocenters. The minimum atomic E-state index is -3.68. The van der Waals surface area contributed by atoms with E-state index in [1.54, 1.807) is 30.3 Å². The second-order valence-corrected chi connectivity index (χ2v) is 9.88. The molecule has 0 bridgehead atoms. The Kier molecular flexibility index (Phi) is 6.34. The van der Waals surface area contributed by atoms with Crippen molar-refractivity contribution in [3.63, 3.8) is 0 Å². The highest BCUT2D eigenvalue weighted by atomic mass is 32.2. The predicted molar refractivity (Wildman–Crippen MR) is 112 cm³/mol. The van der Waals surface area contributed by atoms with E-state index in [0.29, 0.717) is 29.7 Å². The van der Waals surface area contributed by atoms with E-state index >= 15 is 0 Å². The topological polar surface area (TPSA) is 63.6 Å². The normalized spacial score (nSPS) is 25.8. The van der Waals surface area contributed by atoms with E-state index in [4.69, 9.17) is 4.74 Å².